The number of nitrogens with one attached hydrogen (secondary N) is 2. The molecule has 0 aromatic heterocycles. The van der Waals surface area contributed by atoms with Gasteiger partial charge in [-0.05, 0) is 86.3 Å². The van der Waals surface area contributed by atoms with Gasteiger partial charge in [-0.15, -0.1) is 5.92 Å². The minimum Gasteiger partial charge on any atom is -0.370 e. The van der Waals surface area contributed by atoms with Crippen molar-refractivity contribution in [3.8, 4) is 11.8 Å². The molecule has 55 heavy (non-hydrogen) atoms. The van der Waals surface area contributed by atoms with E-state index in [1.807, 2.05) is 31.3 Å². The largest absolute Gasteiger partial charge is 0.370 e. The van der Waals surface area contributed by atoms with Crippen LogP contribution < -0.4 is 10.6 Å². The highest BCUT2D eigenvalue weighted by Gasteiger charge is 2.40. The number of likely N-dealkylation sites (N-methyl/N-ethyl adjacent to an activating group) is 1. The van der Waals surface area contributed by atoms with Gasteiger partial charge < -0.3 is 15.5 Å². The number of halogens is 2. The van der Waals surface area contributed by atoms with Gasteiger partial charge in [-0.1, -0.05) is 82.5 Å². The van der Waals surface area contributed by atoms with Crippen molar-refractivity contribution in [2.24, 2.45) is 9.98 Å². The lowest BCUT2D eigenvalue weighted by atomic mass is 9.94. The number of hydrogen-bond donors (Lipinski definition) is 2. The molecule has 4 aliphatic rings. The van der Waals surface area contributed by atoms with Crippen LogP contribution in [0.25, 0.3) is 11.3 Å². The van der Waals surface area contributed by atoms with Gasteiger partial charge in [0.25, 0.3) is 0 Å². The van der Waals surface area contributed by atoms with Crippen molar-refractivity contribution in [1.82, 2.24) is 15.1 Å². The summed E-state index contributed by atoms with van der Waals surface area (Å²) >= 11 is 0. The summed E-state index contributed by atoms with van der Waals surface area (Å²) in [5.41, 5.74) is 10.2. The van der Waals surface area contributed by atoms with Crippen LogP contribution in [0.5, 0.6) is 0 Å². The highest BCUT2D eigenvalue weighted by atomic mass is 19.1. The molecule has 3 heterocycles. The Bertz CT molecular complexity index is 2090. The highest BCUT2D eigenvalue weighted by molar-refractivity contribution is 6.15. The van der Waals surface area contributed by atoms with Crippen molar-refractivity contribution in [3.63, 3.8) is 0 Å². The van der Waals surface area contributed by atoms with Gasteiger partial charge >= 0.3 is 0 Å². The topological polar surface area (TPSA) is 55.3 Å². The van der Waals surface area contributed by atoms with Gasteiger partial charge in [0.2, 0.25) is 0 Å². The number of fused-ring (bicyclic) bond motifs is 1. The maximum absolute atomic E-state index is 15.2. The first kappa shape index (κ1) is 39.6. The number of likely N-dealkylation sites (tertiary alicyclic amines) is 1. The average Bonchev–Trinajstić information content (AvgIpc) is 3.93. The van der Waals surface area contributed by atoms with Crippen molar-refractivity contribution in [1.29, 1.82) is 0 Å². The van der Waals surface area contributed by atoms with E-state index in [-0.39, 0.29) is 17.2 Å². The smallest absolute Gasteiger partial charge is 0.131 e. The number of nitrogens with zero attached hydrogens (tertiary/aromatic N) is 4. The second kappa shape index (κ2) is 18.0. The second-order valence-electron chi connectivity index (χ2n) is 14.8. The van der Waals surface area contributed by atoms with Crippen LogP contribution >= 0.6 is 0 Å². The fourth-order valence-electron chi connectivity index (χ4n) is 7.37. The molecule has 0 radical (unpaired) electrons. The van der Waals surface area contributed by atoms with E-state index in [2.05, 4.69) is 88.2 Å². The molecule has 1 atom stereocenters. The third-order valence-electron chi connectivity index (χ3n) is 10.8. The van der Waals surface area contributed by atoms with Gasteiger partial charge in [0.1, 0.15) is 11.6 Å². The molecule has 1 saturated heterocycles. The van der Waals surface area contributed by atoms with Crippen LogP contribution in [-0.2, 0) is 13.0 Å². The number of aryl methyl sites for hydroxylation is 1. The number of aliphatic imine (C=N–C) groups is 2. The molecule has 8 heteroatoms. The Labute approximate surface area is 326 Å². The summed E-state index contributed by atoms with van der Waals surface area (Å²) in [6.07, 6.45) is 11.3. The number of hydrogen-bond acceptors (Lipinski definition) is 6. The molecule has 0 bridgehead atoms. The van der Waals surface area contributed by atoms with Crippen molar-refractivity contribution in [2.45, 2.75) is 70.9 Å². The molecule has 0 unspecified atom stereocenters. The highest BCUT2D eigenvalue weighted by Crippen LogP contribution is 2.33. The van der Waals surface area contributed by atoms with E-state index in [1.54, 1.807) is 13.0 Å². The summed E-state index contributed by atoms with van der Waals surface area (Å²) in [4.78, 5) is 13.7. The SMILES string of the molecule is C1CC1.C=C(N=CC#CC)c1ccc(C2=CCN(C(=C)CN3CC[C@@](NC)(C(=C)Nc4ccc5c(c4)C(c4ccc(F)c(CCC)c4)=NC5)C3)CC2)c(F)c1. The molecule has 7 rings (SSSR count). The summed E-state index contributed by atoms with van der Waals surface area (Å²) in [7, 11) is 1.99. The lowest BCUT2D eigenvalue weighted by Gasteiger charge is -2.34. The third kappa shape index (κ3) is 9.59. The summed E-state index contributed by atoms with van der Waals surface area (Å²) in [5, 5.41) is 7.19. The maximum Gasteiger partial charge on any atom is 0.131 e. The Morgan fingerprint density at radius 2 is 1.82 bits per heavy atom. The van der Waals surface area contributed by atoms with Crippen molar-refractivity contribution in [2.75, 3.05) is 45.1 Å². The van der Waals surface area contributed by atoms with Crippen LogP contribution in [0.1, 0.15) is 85.8 Å². The van der Waals surface area contributed by atoms with E-state index in [1.165, 1.54) is 31.5 Å². The summed E-state index contributed by atoms with van der Waals surface area (Å²) in [5.74, 6) is 5.08. The number of rotatable bonds is 13. The first-order valence-electron chi connectivity index (χ1n) is 19.5. The molecule has 286 valence electrons. The van der Waals surface area contributed by atoms with Crippen LogP contribution in [0, 0.1) is 23.5 Å². The van der Waals surface area contributed by atoms with Gasteiger partial charge in [0.05, 0.1) is 29.7 Å². The number of anilines is 1. The zero-order valence-corrected chi connectivity index (χ0v) is 32.7. The molecule has 1 saturated carbocycles. The molecular formula is C47H54F2N6. The van der Waals surface area contributed by atoms with E-state index >= 15 is 4.39 Å². The zero-order valence-electron chi connectivity index (χ0n) is 32.7. The van der Waals surface area contributed by atoms with E-state index in [4.69, 9.17) is 4.99 Å². The molecule has 1 aliphatic carbocycles. The van der Waals surface area contributed by atoms with Gasteiger partial charge in [-0.3, -0.25) is 9.89 Å². The first-order valence-corrected chi connectivity index (χ1v) is 19.5. The Kier molecular flexibility index (Phi) is 13.0. The van der Waals surface area contributed by atoms with Crippen molar-refractivity contribution in [3.05, 3.63) is 137 Å². The summed E-state index contributed by atoms with van der Waals surface area (Å²) < 4.78 is 29.6. The summed E-state index contributed by atoms with van der Waals surface area (Å²) in [6, 6.07) is 16.9. The van der Waals surface area contributed by atoms with Crippen LogP contribution in [0.15, 0.2) is 102 Å². The second-order valence-corrected chi connectivity index (χ2v) is 14.8. The first-order chi connectivity index (χ1) is 26.6. The van der Waals surface area contributed by atoms with Crippen LogP contribution in [-0.4, -0.2) is 67.0 Å². The molecule has 3 aromatic carbocycles. The van der Waals surface area contributed by atoms with Gasteiger partial charge in [0.15, 0.2) is 0 Å². The minimum absolute atomic E-state index is 0.160. The Hall–Kier alpha value is -5.10. The predicted molar refractivity (Wildman–Crippen MR) is 226 cm³/mol. The quantitative estimate of drug-likeness (QED) is 0.136. The number of benzene rings is 3. The van der Waals surface area contributed by atoms with E-state index in [9.17, 15) is 4.39 Å². The molecule has 6 nitrogen and oxygen atoms in total. The van der Waals surface area contributed by atoms with Crippen LogP contribution in [0.4, 0.5) is 14.5 Å². The van der Waals surface area contributed by atoms with Crippen LogP contribution in [0.2, 0.25) is 0 Å². The zero-order chi connectivity index (χ0) is 39.0. The summed E-state index contributed by atoms with van der Waals surface area (Å²) in [6.45, 7) is 21.2. The molecular weight excluding hydrogens is 687 g/mol. The Morgan fingerprint density at radius 3 is 2.51 bits per heavy atom. The fraction of sp³-hybridized carbons (Fsp3) is 0.362. The lowest BCUT2D eigenvalue weighted by Crippen LogP contribution is -2.49. The van der Waals surface area contributed by atoms with Crippen molar-refractivity contribution < 1.29 is 8.78 Å². The third-order valence-corrected chi connectivity index (χ3v) is 10.8. The van der Waals surface area contributed by atoms with Gasteiger partial charge in [-0.2, -0.15) is 0 Å². The minimum atomic E-state index is -0.319. The van der Waals surface area contributed by atoms with E-state index < -0.39 is 0 Å². The molecule has 2 N–H and O–H groups in total. The molecule has 3 aromatic rings. The fourth-order valence-corrected chi connectivity index (χ4v) is 7.37. The Morgan fingerprint density at radius 1 is 1.00 bits per heavy atom. The lowest BCUT2D eigenvalue weighted by molar-refractivity contribution is 0.282. The van der Waals surface area contributed by atoms with Crippen LogP contribution in [0.3, 0.4) is 0 Å². The monoisotopic (exact) mass is 740 g/mol. The Balaban J connectivity index is 0.00000163. The standard InChI is InChI=1S/C44H48F2N6.C3H6/c1-7-9-20-48-31(4)34-12-15-39(42(46)25-34)33-17-21-52(22-18-33)30(3)28-51-23-19-44(29-51,47-6)32(5)50-38-14-11-37-27-49-43(40(37)26-38)36-13-16-41(45)35(24-36)10-8-2;1-2-3-1/h11-17,20,24-26,47,50H,3-5,8,10,18-19,21-23,27-29H2,1-2,6H3;1-3H2/t44-;/m0./s1. The van der Waals surface area contributed by atoms with E-state index in [0.29, 0.717) is 36.3 Å². The maximum atomic E-state index is 15.2. The van der Waals surface area contributed by atoms with Gasteiger partial charge in [-0.25, -0.2) is 13.8 Å². The average molecular weight is 741 g/mol. The van der Waals surface area contributed by atoms with E-state index in [0.717, 1.165) is 96.1 Å². The normalized spacial score (nSPS) is 18.7. The van der Waals surface area contributed by atoms with Crippen molar-refractivity contribution >= 4 is 28.9 Å². The molecule has 0 spiro atoms. The molecule has 0 amide bonds. The molecule has 3 aliphatic heterocycles. The molecule has 2 fully saturated rings. The predicted octanol–water partition coefficient (Wildman–Crippen LogP) is 9.40. The van der Waals surface area contributed by atoms with Gasteiger partial charge in [0, 0.05) is 72.1 Å².